The first kappa shape index (κ1) is 17.6. The summed E-state index contributed by atoms with van der Waals surface area (Å²) in [5.41, 5.74) is 0.751. The van der Waals surface area contributed by atoms with Crippen molar-refractivity contribution in [3.05, 3.63) is 36.7 Å². The van der Waals surface area contributed by atoms with Crippen LogP contribution in [0.15, 0.2) is 36.7 Å². The van der Waals surface area contributed by atoms with Gasteiger partial charge in [-0.05, 0) is 30.9 Å². The lowest BCUT2D eigenvalue weighted by atomic mass is 9.99. The maximum absolute atomic E-state index is 12.6. The van der Waals surface area contributed by atoms with Crippen molar-refractivity contribution in [2.45, 2.75) is 12.8 Å². The molecule has 0 spiro atoms. The number of anilines is 1. The first-order valence-corrected chi connectivity index (χ1v) is 10.1. The molecule has 0 radical (unpaired) electrons. The molecule has 7 nitrogen and oxygen atoms in total. The Balaban J connectivity index is 1.66. The molecule has 0 aliphatic carbocycles. The van der Waals surface area contributed by atoms with E-state index in [2.05, 4.69) is 15.0 Å². The number of hydrogen-bond donors (Lipinski definition) is 2. The van der Waals surface area contributed by atoms with Crippen LogP contribution in [-0.4, -0.2) is 50.2 Å². The largest absolute Gasteiger partial charge is 0.324 e. The van der Waals surface area contributed by atoms with E-state index in [9.17, 15) is 13.2 Å². The van der Waals surface area contributed by atoms with Gasteiger partial charge in [0.15, 0.2) is 0 Å². The summed E-state index contributed by atoms with van der Waals surface area (Å²) in [6, 6.07) is 7.42. The number of hydrogen-bond acceptors (Lipinski definition) is 4. The minimum atomic E-state index is -3.21. The van der Waals surface area contributed by atoms with Crippen molar-refractivity contribution >= 4 is 32.5 Å². The van der Waals surface area contributed by atoms with Gasteiger partial charge >= 0.3 is 6.03 Å². The van der Waals surface area contributed by atoms with Crippen molar-refractivity contribution in [1.82, 2.24) is 14.6 Å². The molecule has 0 bridgehead atoms. The molecule has 1 fully saturated rings. The number of likely N-dealkylation sites (tertiary alicyclic amines) is 1. The normalized spacial score (nSPS) is 18.3. The number of sulfonamides is 1. The van der Waals surface area contributed by atoms with E-state index in [1.807, 2.05) is 24.3 Å². The maximum Gasteiger partial charge on any atom is 0.321 e. The van der Waals surface area contributed by atoms with Crippen LogP contribution < -0.4 is 10.0 Å². The predicted octanol–water partition coefficient (Wildman–Crippen LogP) is 2.03. The minimum Gasteiger partial charge on any atom is -0.324 e. The molecule has 8 heteroatoms. The maximum atomic E-state index is 12.6. The summed E-state index contributed by atoms with van der Waals surface area (Å²) in [5.74, 6) is 0.131. The second-order valence-electron chi connectivity index (χ2n) is 6.41. The van der Waals surface area contributed by atoms with Crippen LogP contribution in [0.3, 0.4) is 0 Å². The number of urea groups is 1. The smallest absolute Gasteiger partial charge is 0.321 e. The molecular weight excluding hydrogens is 340 g/mol. The van der Waals surface area contributed by atoms with Crippen LogP contribution in [-0.2, 0) is 10.0 Å². The van der Waals surface area contributed by atoms with E-state index in [4.69, 9.17) is 0 Å². The molecule has 134 valence electrons. The number of carbonyl (C=O) groups is 1. The Morgan fingerprint density at radius 3 is 3.00 bits per heavy atom. The molecule has 1 aliphatic rings. The third-order valence-electron chi connectivity index (χ3n) is 4.36. The molecule has 1 saturated heterocycles. The third kappa shape index (κ3) is 4.67. The molecule has 1 aromatic carbocycles. The molecular formula is C17H22N4O3S. The van der Waals surface area contributed by atoms with Crippen LogP contribution in [0.1, 0.15) is 12.8 Å². The van der Waals surface area contributed by atoms with E-state index < -0.39 is 10.0 Å². The SMILES string of the molecule is CS(=O)(=O)NC[C@@H]1CCCN(C(=O)Nc2cccc3cnccc23)C1. The van der Waals surface area contributed by atoms with E-state index in [1.54, 1.807) is 17.3 Å². The molecule has 1 aliphatic heterocycles. The number of pyridine rings is 1. The van der Waals surface area contributed by atoms with Gasteiger partial charge in [0, 0.05) is 42.8 Å². The van der Waals surface area contributed by atoms with Gasteiger partial charge in [-0.25, -0.2) is 17.9 Å². The van der Waals surface area contributed by atoms with Gasteiger partial charge in [-0.3, -0.25) is 4.98 Å². The van der Waals surface area contributed by atoms with Crippen molar-refractivity contribution < 1.29 is 13.2 Å². The van der Waals surface area contributed by atoms with Crippen molar-refractivity contribution in [1.29, 1.82) is 0 Å². The summed E-state index contributed by atoms with van der Waals surface area (Å²) in [5, 5.41) is 4.88. The number of fused-ring (bicyclic) bond motifs is 1. The summed E-state index contributed by atoms with van der Waals surface area (Å²) >= 11 is 0. The van der Waals surface area contributed by atoms with Crippen LogP contribution in [0.2, 0.25) is 0 Å². The molecule has 3 rings (SSSR count). The number of amides is 2. The van der Waals surface area contributed by atoms with Crippen LogP contribution in [0.4, 0.5) is 10.5 Å². The van der Waals surface area contributed by atoms with Gasteiger partial charge in [0.2, 0.25) is 10.0 Å². The van der Waals surface area contributed by atoms with Crippen LogP contribution in [0, 0.1) is 5.92 Å². The van der Waals surface area contributed by atoms with Gasteiger partial charge in [0.05, 0.1) is 11.9 Å². The Hall–Kier alpha value is -2.19. The van der Waals surface area contributed by atoms with E-state index in [0.29, 0.717) is 19.6 Å². The second-order valence-corrected chi connectivity index (χ2v) is 8.24. The zero-order valence-electron chi connectivity index (χ0n) is 14.1. The highest BCUT2D eigenvalue weighted by molar-refractivity contribution is 7.88. The summed E-state index contributed by atoms with van der Waals surface area (Å²) in [6.07, 6.45) is 6.38. The van der Waals surface area contributed by atoms with E-state index in [0.717, 1.165) is 35.6 Å². The summed E-state index contributed by atoms with van der Waals surface area (Å²) in [4.78, 5) is 18.5. The molecule has 1 atom stereocenters. The van der Waals surface area contributed by atoms with Crippen molar-refractivity contribution in [2.24, 2.45) is 5.92 Å². The lowest BCUT2D eigenvalue weighted by Gasteiger charge is -2.32. The van der Waals surface area contributed by atoms with E-state index >= 15 is 0 Å². The number of carbonyl (C=O) groups excluding carboxylic acids is 1. The Bertz CT molecular complexity index is 864. The van der Waals surface area contributed by atoms with Gasteiger partial charge in [-0.2, -0.15) is 0 Å². The van der Waals surface area contributed by atoms with Gasteiger partial charge in [-0.1, -0.05) is 12.1 Å². The molecule has 0 unspecified atom stereocenters. The fourth-order valence-electron chi connectivity index (χ4n) is 3.11. The highest BCUT2D eigenvalue weighted by Gasteiger charge is 2.24. The fourth-order valence-corrected chi connectivity index (χ4v) is 3.65. The van der Waals surface area contributed by atoms with Gasteiger partial charge in [0.1, 0.15) is 0 Å². The van der Waals surface area contributed by atoms with Crippen molar-refractivity contribution in [3.8, 4) is 0 Å². The third-order valence-corrected chi connectivity index (χ3v) is 5.05. The van der Waals surface area contributed by atoms with E-state index in [1.165, 1.54) is 0 Å². The molecule has 1 aromatic heterocycles. The summed E-state index contributed by atoms with van der Waals surface area (Å²) in [6.45, 7) is 1.58. The summed E-state index contributed by atoms with van der Waals surface area (Å²) < 4.78 is 25.0. The van der Waals surface area contributed by atoms with Crippen LogP contribution >= 0.6 is 0 Å². The minimum absolute atomic E-state index is 0.131. The number of aromatic nitrogens is 1. The number of rotatable bonds is 4. The summed E-state index contributed by atoms with van der Waals surface area (Å²) in [7, 11) is -3.21. The Labute approximate surface area is 147 Å². The lowest BCUT2D eigenvalue weighted by Crippen LogP contribution is -2.45. The first-order chi connectivity index (χ1) is 11.9. The molecule has 25 heavy (non-hydrogen) atoms. The quantitative estimate of drug-likeness (QED) is 0.870. The molecule has 2 amide bonds. The molecule has 0 saturated carbocycles. The van der Waals surface area contributed by atoms with E-state index in [-0.39, 0.29) is 11.9 Å². The van der Waals surface area contributed by atoms with Crippen LogP contribution in [0.25, 0.3) is 10.8 Å². The van der Waals surface area contributed by atoms with Gasteiger partial charge in [-0.15, -0.1) is 0 Å². The molecule has 2 aromatic rings. The number of piperidine rings is 1. The molecule has 2 N–H and O–H groups in total. The average Bonchev–Trinajstić information content (AvgIpc) is 2.60. The Kier molecular flexibility index (Phi) is 5.19. The first-order valence-electron chi connectivity index (χ1n) is 8.26. The predicted molar refractivity (Wildman–Crippen MR) is 97.9 cm³/mol. The topological polar surface area (TPSA) is 91.4 Å². The van der Waals surface area contributed by atoms with Crippen molar-refractivity contribution in [2.75, 3.05) is 31.2 Å². The highest BCUT2D eigenvalue weighted by atomic mass is 32.2. The number of benzene rings is 1. The monoisotopic (exact) mass is 362 g/mol. The average molecular weight is 362 g/mol. The van der Waals surface area contributed by atoms with Gasteiger partial charge < -0.3 is 10.2 Å². The van der Waals surface area contributed by atoms with Crippen LogP contribution in [0.5, 0.6) is 0 Å². The standard InChI is InChI=1S/C17H22N4O3S/c1-25(23,24)19-10-13-4-3-9-21(12-13)17(22)20-16-6-2-5-14-11-18-8-7-15(14)16/h2,5-8,11,13,19H,3-4,9-10,12H2,1H3,(H,20,22)/t13-/m0/s1. The fraction of sp³-hybridized carbons (Fsp3) is 0.412. The second kappa shape index (κ2) is 7.37. The molecule has 2 heterocycles. The Morgan fingerprint density at radius 2 is 2.20 bits per heavy atom. The number of nitrogens with zero attached hydrogens (tertiary/aromatic N) is 2. The lowest BCUT2D eigenvalue weighted by molar-refractivity contribution is 0.178. The zero-order valence-corrected chi connectivity index (χ0v) is 14.9. The van der Waals surface area contributed by atoms with Gasteiger partial charge in [0.25, 0.3) is 0 Å². The van der Waals surface area contributed by atoms with Crippen molar-refractivity contribution in [3.63, 3.8) is 0 Å². The zero-order chi connectivity index (χ0) is 17.9. The number of nitrogens with one attached hydrogen (secondary N) is 2. The highest BCUT2D eigenvalue weighted by Crippen LogP contribution is 2.23. The Morgan fingerprint density at radius 1 is 1.36 bits per heavy atom.